The van der Waals surface area contributed by atoms with Crippen molar-refractivity contribution in [2.24, 2.45) is 0 Å². The molecule has 0 radical (unpaired) electrons. The van der Waals surface area contributed by atoms with Gasteiger partial charge < -0.3 is 13.6 Å². The van der Waals surface area contributed by atoms with E-state index in [4.69, 9.17) is 13.6 Å². The van der Waals surface area contributed by atoms with Gasteiger partial charge in [-0.15, -0.1) is 0 Å². The summed E-state index contributed by atoms with van der Waals surface area (Å²) in [5.74, 6) is 0. The zero-order valence-electron chi connectivity index (χ0n) is 20.8. The first kappa shape index (κ1) is 26.2. The summed E-state index contributed by atoms with van der Waals surface area (Å²) in [6.07, 6.45) is 1.27. The molecule has 3 unspecified atom stereocenters. The van der Waals surface area contributed by atoms with E-state index in [1.165, 1.54) is 4.57 Å². The van der Waals surface area contributed by atoms with Gasteiger partial charge in [0.25, 0.3) is 5.56 Å². The van der Waals surface area contributed by atoms with Crippen molar-refractivity contribution in [3.63, 3.8) is 0 Å². The Balaban J connectivity index is 2.32. The molecule has 1 aromatic heterocycles. The minimum atomic E-state index is -2.04. The maximum Gasteiger partial charge on any atom is 0.330 e. The first-order chi connectivity index (χ1) is 14.3. The van der Waals surface area contributed by atoms with Gasteiger partial charge in [-0.3, -0.25) is 14.3 Å². The van der Waals surface area contributed by atoms with Crippen LogP contribution in [0.25, 0.3) is 0 Å². The number of aryl methyl sites for hydroxylation is 1. The molecule has 1 aliphatic heterocycles. The summed E-state index contributed by atoms with van der Waals surface area (Å²) < 4.78 is 21.2. The first-order valence-electron chi connectivity index (χ1n) is 11.6. The molecule has 3 atom stereocenters. The zero-order chi connectivity index (χ0) is 23.6. The Hall–Kier alpha value is -1.01. The lowest BCUT2D eigenvalue weighted by Gasteiger charge is -2.39. The van der Waals surface area contributed by atoms with Crippen molar-refractivity contribution in [2.75, 3.05) is 6.61 Å². The second kappa shape index (κ2) is 9.86. The summed E-state index contributed by atoms with van der Waals surface area (Å²) in [6, 6.07) is 3.22. The molecular weight excluding hydrogens is 428 g/mol. The molecule has 0 spiro atoms. The number of nitrogens with zero attached hydrogens (tertiary/aromatic N) is 1. The van der Waals surface area contributed by atoms with Gasteiger partial charge in [0, 0.05) is 18.2 Å². The van der Waals surface area contributed by atoms with Gasteiger partial charge in [0.1, 0.15) is 12.3 Å². The number of ether oxygens (including phenoxy) is 1. The topological polar surface area (TPSA) is 82.5 Å². The molecule has 9 heteroatoms. The van der Waals surface area contributed by atoms with Crippen molar-refractivity contribution in [3.05, 3.63) is 32.6 Å². The van der Waals surface area contributed by atoms with Crippen molar-refractivity contribution in [1.82, 2.24) is 9.55 Å². The third kappa shape index (κ3) is 5.87. The zero-order valence-corrected chi connectivity index (χ0v) is 22.8. The van der Waals surface area contributed by atoms with Gasteiger partial charge in [-0.2, -0.15) is 0 Å². The van der Waals surface area contributed by atoms with E-state index >= 15 is 0 Å². The number of hydrogen-bond donors (Lipinski definition) is 1. The van der Waals surface area contributed by atoms with Gasteiger partial charge in [-0.25, -0.2) is 4.79 Å². The number of hydrogen-bond acceptors (Lipinski definition) is 5. The number of aromatic amines is 1. The summed E-state index contributed by atoms with van der Waals surface area (Å²) in [7, 11) is -3.82. The Bertz CT molecular complexity index is 846. The highest BCUT2D eigenvalue weighted by molar-refractivity contribution is 6.74. The number of H-pyrrole nitrogens is 1. The second-order valence-corrected chi connectivity index (χ2v) is 19.8. The van der Waals surface area contributed by atoms with Crippen LogP contribution in [0.4, 0.5) is 0 Å². The van der Waals surface area contributed by atoms with Gasteiger partial charge in [0.05, 0.1) is 12.7 Å². The Morgan fingerprint density at radius 2 is 1.74 bits per heavy atom. The molecular formula is C22H42N2O5Si2. The first-order valence-corrected chi connectivity index (χ1v) is 17.0. The molecule has 178 valence electrons. The summed E-state index contributed by atoms with van der Waals surface area (Å²) in [4.78, 5) is 26.7. The second-order valence-electron chi connectivity index (χ2n) is 10.3. The highest BCUT2D eigenvalue weighted by atomic mass is 28.4. The van der Waals surface area contributed by atoms with Crippen LogP contribution in [0.5, 0.6) is 0 Å². The molecule has 0 aromatic carbocycles. The molecule has 1 N–H and O–H groups in total. The summed E-state index contributed by atoms with van der Waals surface area (Å²) in [6.45, 7) is 19.9. The van der Waals surface area contributed by atoms with Crippen molar-refractivity contribution in [2.45, 2.75) is 110 Å². The molecule has 7 nitrogen and oxygen atoms in total. The van der Waals surface area contributed by atoms with E-state index in [-0.39, 0.29) is 22.8 Å². The van der Waals surface area contributed by atoms with E-state index in [0.29, 0.717) is 18.6 Å². The van der Waals surface area contributed by atoms with Crippen LogP contribution in [0.2, 0.25) is 36.3 Å². The van der Waals surface area contributed by atoms with E-state index in [1.54, 1.807) is 13.1 Å². The minimum absolute atomic E-state index is 0.0661. The van der Waals surface area contributed by atoms with Gasteiger partial charge in [0.2, 0.25) is 0 Å². The van der Waals surface area contributed by atoms with Gasteiger partial charge in [-0.1, -0.05) is 41.5 Å². The maximum absolute atomic E-state index is 12.5. The van der Waals surface area contributed by atoms with E-state index in [2.05, 4.69) is 59.6 Å². The highest BCUT2D eigenvalue weighted by Gasteiger charge is 2.46. The standard InChI is InChI=1S/C22H42N2O5Si2/c1-10-31(11-2,12-3)27-15-18-17(29-30(8,9)22(5,6)7)13-19(28-18)24-14-16(4)20(25)23-21(24)26/h14,17-19H,10-13,15H2,1-9H3,(H,23,25,26). The van der Waals surface area contributed by atoms with Crippen LogP contribution in [-0.2, 0) is 13.6 Å². The van der Waals surface area contributed by atoms with Crippen molar-refractivity contribution in [3.8, 4) is 0 Å². The number of rotatable bonds is 9. The van der Waals surface area contributed by atoms with Gasteiger partial charge in [0.15, 0.2) is 16.6 Å². The van der Waals surface area contributed by atoms with Crippen molar-refractivity contribution in [1.29, 1.82) is 0 Å². The molecule has 2 rings (SSSR count). The largest absolute Gasteiger partial charge is 0.414 e. The van der Waals surface area contributed by atoms with Crippen molar-refractivity contribution >= 4 is 16.6 Å². The van der Waals surface area contributed by atoms with Crippen LogP contribution in [-0.4, -0.2) is 45.0 Å². The molecule has 1 saturated heterocycles. The predicted molar refractivity (Wildman–Crippen MR) is 130 cm³/mol. The quantitative estimate of drug-likeness (QED) is 0.536. The normalized spacial score (nSPS) is 22.8. The highest BCUT2D eigenvalue weighted by Crippen LogP contribution is 2.41. The lowest BCUT2D eigenvalue weighted by Crippen LogP contribution is -2.47. The lowest BCUT2D eigenvalue weighted by molar-refractivity contribution is -0.0409. The average molecular weight is 471 g/mol. The van der Waals surface area contributed by atoms with Crippen LogP contribution in [0.1, 0.15) is 59.8 Å². The molecule has 1 aliphatic rings. The number of aromatic nitrogens is 2. The van der Waals surface area contributed by atoms with Crippen LogP contribution >= 0.6 is 0 Å². The van der Waals surface area contributed by atoms with E-state index in [9.17, 15) is 9.59 Å². The van der Waals surface area contributed by atoms with Gasteiger partial charge in [-0.05, 0) is 43.2 Å². The fourth-order valence-electron chi connectivity index (χ4n) is 3.82. The Labute approximate surface area is 188 Å². The fourth-order valence-corrected chi connectivity index (χ4v) is 7.80. The molecule has 1 fully saturated rings. The Morgan fingerprint density at radius 3 is 2.26 bits per heavy atom. The smallest absolute Gasteiger partial charge is 0.330 e. The van der Waals surface area contributed by atoms with Crippen molar-refractivity contribution < 1.29 is 13.6 Å². The molecule has 1 aromatic rings. The van der Waals surface area contributed by atoms with Crippen LogP contribution in [0.15, 0.2) is 15.8 Å². The SMILES string of the molecule is CC[Si](CC)(CC)OCC1OC(n2cc(C)c(=O)[nH]c2=O)CC1O[Si](C)(C)C(C)(C)C. The molecule has 2 heterocycles. The summed E-state index contributed by atoms with van der Waals surface area (Å²) >= 11 is 0. The molecule has 0 saturated carbocycles. The van der Waals surface area contributed by atoms with Crippen LogP contribution < -0.4 is 11.2 Å². The van der Waals surface area contributed by atoms with Gasteiger partial charge >= 0.3 is 5.69 Å². The predicted octanol–water partition coefficient (Wildman–Crippen LogP) is 4.54. The minimum Gasteiger partial charge on any atom is -0.414 e. The van der Waals surface area contributed by atoms with Crippen LogP contribution in [0, 0.1) is 6.92 Å². The lowest BCUT2D eigenvalue weighted by atomic mass is 10.2. The molecule has 0 aliphatic carbocycles. The maximum atomic E-state index is 12.5. The summed E-state index contributed by atoms with van der Waals surface area (Å²) in [5.41, 5.74) is -0.329. The fraction of sp³-hybridized carbons (Fsp3) is 0.818. The van der Waals surface area contributed by atoms with Crippen LogP contribution in [0.3, 0.4) is 0 Å². The van der Waals surface area contributed by atoms with E-state index in [0.717, 1.165) is 18.1 Å². The Morgan fingerprint density at radius 1 is 1.16 bits per heavy atom. The molecule has 0 amide bonds. The van der Waals surface area contributed by atoms with E-state index in [1.807, 2.05) is 0 Å². The summed E-state index contributed by atoms with van der Waals surface area (Å²) in [5, 5.41) is 0.0661. The average Bonchev–Trinajstić information content (AvgIpc) is 3.07. The Kier molecular flexibility index (Phi) is 8.35. The third-order valence-corrected chi connectivity index (χ3v) is 16.5. The molecule has 31 heavy (non-hydrogen) atoms. The third-order valence-electron chi connectivity index (χ3n) is 7.38. The number of nitrogens with one attached hydrogen (secondary N) is 1. The monoisotopic (exact) mass is 470 g/mol. The molecule has 0 bridgehead atoms. The van der Waals surface area contributed by atoms with E-state index < -0.39 is 28.6 Å².